The quantitative estimate of drug-likeness (QED) is 0.192. The Kier molecular flexibility index (Phi) is 20.3. The largest absolute Gasteiger partial charge is 0.490 e. The fourth-order valence-corrected chi connectivity index (χ4v) is 5.74. The molecule has 338 valence electrons. The van der Waals surface area contributed by atoms with E-state index >= 15 is 0 Å². The number of carboxylic acids is 1. The van der Waals surface area contributed by atoms with Crippen LogP contribution in [0.25, 0.3) is 0 Å². The highest BCUT2D eigenvalue weighted by Crippen LogP contribution is 2.18. The van der Waals surface area contributed by atoms with Crippen molar-refractivity contribution in [3.05, 3.63) is 29.8 Å². The van der Waals surface area contributed by atoms with Gasteiger partial charge in [-0.25, -0.2) is 4.79 Å². The van der Waals surface area contributed by atoms with Gasteiger partial charge in [-0.1, -0.05) is 12.1 Å². The molecule has 0 saturated carbocycles. The number of nitrogens with zero attached hydrogens (tertiary/aromatic N) is 4. The van der Waals surface area contributed by atoms with Gasteiger partial charge in [0.15, 0.2) is 0 Å². The number of nitrogen functional groups attached to an aromatic ring is 1. The molecule has 1 aliphatic rings. The molecule has 1 fully saturated rings. The third-order valence-corrected chi connectivity index (χ3v) is 7.92. The number of anilines is 1. The normalized spacial score (nSPS) is 17.6. The number of halogens is 3. The van der Waals surface area contributed by atoms with Gasteiger partial charge in [0.1, 0.15) is 22.4 Å². The number of rotatable bonds is 10. The van der Waals surface area contributed by atoms with E-state index in [1.807, 2.05) is 122 Å². The minimum absolute atomic E-state index is 0.00222. The van der Waals surface area contributed by atoms with Crippen LogP contribution in [0.15, 0.2) is 24.3 Å². The topological polar surface area (TPSA) is 181 Å². The first-order valence-electron chi connectivity index (χ1n) is 19.6. The molecule has 1 aromatic carbocycles. The van der Waals surface area contributed by atoms with E-state index < -0.39 is 34.5 Å². The number of hydrogen-bond acceptors (Lipinski definition) is 14. The van der Waals surface area contributed by atoms with Crippen LogP contribution in [-0.2, 0) is 49.3 Å². The average molecular weight is 848 g/mol. The molecule has 0 spiro atoms. The minimum Gasteiger partial charge on any atom is -0.475 e. The molecule has 2 rings (SSSR count). The second-order valence-electron chi connectivity index (χ2n) is 18.5. The van der Waals surface area contributed by atoms with Crippen molar-refractivity contribution in [3.63, 3.8) is 0 Å². The summed E-state index contributed by atoms with van der Waals surface area (Å²) in [5.74, 6) is -4.22. The van der Waals surface area contributed by atoms with Crippen LogP contribution in [-0.4, -0.2) is 161 Å². The molecule has 3 N–H and O–H groups in total. The molecular weight excluding hydrogens is 779 g/mol. The van der Waals surface area contributed by atoms with Crippen molar-refractivity contribution < 1.29 is 61.2 Å². The standard InChI is InChI=1S/C39H67N5O8.C2HF3O2/c1-36(2,3)49-32(45)25-41-17-18-42(26-33(46)50-37(4,5)6)21-22-44(28-35(48)52-39(10,11)12)31(23-29-13-15-30(40)16-14-29)24-43(20-19-41)27-34(47)51-38(7,8)9;3-2(4,5)1(6)7/h13-16,31H,17-28,40H2,1-12H3;(H,6,7). The molecule has 0 amide bonds. The van der Waals surface area contributed by atoms with Crippen molar-refractivity contribution in [2.75, 3.05) is 77.7 Å². The monoisotopic (exact) mass is 847 g/mol. The summed E-state index contributed by atoms with van der Waals surface area (Å²) in [5, 5.41) is 7.12. The van der Waals surface area contributed by atoms with Crippen LogP contribution in [0.3, 0.4) is 0 Å². The zero-order valence-electron chi connectivity index (χ0n) is 37.0. The molecule has 15 nitrogen and oxygen atoms in total. The highest BCUT2D eigenvalue weighted by Gasteiger charge is 2.38. The molecule has 0 aliphatic carbocycles. The lowest BCUT2D eigenvalue weighted by Gasteiger charge is -2.38. The molecule has 0 radical (unpaired) electrons. The molecule has 59 heavy (non-hydrogen) atoms. The summed E-state index contributed by atoms with van der Waals surface area (Å²) in [4.78, 5) is 69.9. The van der Waals surface area contributed by atoms with Gasteiger partial charge >= 0.3 is 36.0 Å². The second-order valence-corrected chi connectivity index (χ2v) is 18.5. The van der Waals surface area contributed by atoms with E-state index in [1.165, 1.54) is 0 Å². The number of carbonyl (C=O) groups is 5. The van der Waals surface area contributed by atoms with Gasteiger partial charge in [0, 0.05) is 57.5 Å². The van der Waals surface area contributed by atoms with Gasteiger partial charge in [-0.3, -0.25) is 38.8 Å². The fourth-order valence-electron chi connectivity index (χ4n) is 5.74. The van der Waals surface area contributed by atoms with E-state index in [9.17, 15) is 32.3 Å². The van der Waals surface area contributed by atoms with E-state index in [2.05, 4.69) is 4.90 Å². The van der Waals surface area contributed by atoms with Crippen LogP contribution in [0, 0.1) is 0 Å². The zero-order chi connectivity index (χ0) is 45.6. The summed E-state index contributed by atoms with van der Waals surface area (Å²) >= 11 is 0. The zero-order valence-corrected chi connectivity index (χ0v) is 37.0. The number of nitrogens with two attached hydrogens (primary N) is 1. The lowest BCUT2D eigenvalue weighted by atomic mass is 10.0. The maximum absolute atomic E-state index is 13.4. The van der Waals surface area contributed by atoms with E-state index in [0.717, 1.165) is 5.56 Å². The Morgan fingerprint density at radius 3 is 1.22 bits per heavy atom. The predicted octanol–water partition coefficient (Wildman–Crippen LogP) is 4.40. The Morgan fingerprint density at radius 2 is 0.881 bits per heavy atom. The summed E-state index contributed by atoms with van der Waals surface area (Å²) in [6.07, 6.45) is -4.54. The Bertz CT molecular complexity index is 1510. The average Bonchev–Trinajstić information content (AvgIpc) is 3.00. The molecule has 1 atom stereocenters. The number of hydrogen-bond donors (Lipinski definition) is 2. The van der Waals surface area contributed by atoms with Crippen LogP contribution >= 0.6 is 0 Å². The van der Waals surface area contributed by atoms with Crippen molar-refractivity contribution in [1.82, 2.24) is 19.6 Å². The Labute approximate surface area is 347 Å². The maximum Gasteiger partial charge on any atom is 0.490 e. The number of benzene rings is 1. The second kappa shape index (κ2) is 22.6. The summed E-state index contributed by atoms with van der Waals surface area (Å²) in [6, 6.07) is 7.36. The Morgan fingerprint density at radius 1 is 0.576 bits per heavy atom. The molecule has 1 aromatic rings. The SMILES string of the molecule is CC(C)(C)OC(=O)CN1CCN(CC(=O)OC(C)(C)C)CCN(CC(=O)OC(C)(C)C)C(Cc2ccc(N)cc2)CN(CC(=O)OC(C)(C)C)CC1.O=C(O)C(F)(F)F. The smallest absolute Gasteiger partial charge is 0.475 e. The van der Waals surface area contributed by atoms with Crippen LogP contribution in [0.2, 0.25) is 0 Å². The summed E-state index contributed by atoms with van der Waals surface area (Å²) in [5.41, 5.74) is 5.01. The Hall–Kier alpha value is -4.00. The number of alkyl halides is 3. The Balaban J connectivity index is 0.00000227. The van der Waals surface area contributed by atoms with Crippen LogP contribution in [0.5, 0.6) is 0 Å². The van der Waals surface area contributed by atoms with E-state index in [0.29, 0.717) is 57.9 Å². The molecule has 0 bridgehead atoms. The first-order valence-corrected chi connectivity index (χ1v) is 19.6. The van der Waals surface area contributed by atoms with Gasteiger partial charge < -0.3 is 29.8 Å². The van der Waals surface area contributed by atoms with Crippen LogP contribution < -0.4 is 5.73 Å². The predicted molar refractivity (Wildman–Crippen MR) is 216 cm³/mol. The van der Waals surface area contributed by atoms with Gasteiger partial charge in [0.2, 0.25) is 0 Å². The highest BCUT2D eigenvalue weighted by atomic mass is 19.4. The van der Waals surface area contributed by atoms with Crippen LogP contribution in [0.1, 0.15) is 88.6 Å². The van der Waals surface area contributed by atoms with Crippen molar-refractivity contribution in [2.24, 2.45) is 0 Å². The van der Waals surface area contributed by atoms with Gasteiger partial charge in [0.05, 0.1) is 26.2 Å². The summed E-state index contributed by atoms with van der Waals surface area (Å²) < 4.78 is 54.6. The molecule has 1 unspecified atom stereocenters. The van der Waals surface area contributed by atoms with E-state index in [-0.39, 0.29) is 56.1 Å². The van der Waals surface area contributed by atoms with Gasteiger partial charge in [-0.05, 0) is 107 Å². The maximum atomic E-state index is 13.4. The van der Waals surface area contributed by atoms with Gasteiger partial charge in [0.25, 0.3) is 0 Å². The number of carboxylic acid groups (broad SMARTS) is 1. The molecular formula is C41H68F3N5O10. The van der Waals surface area contributed by atoms with Crippen molar-refractivity contribution in [3.8, 4) is 0 Å². The highest BCUT2D eigenvalue weighted by molar-refractivity contribution is 5.74. The number of carbonyl (C=O) groups excluding carboxylic acids is 4. The van der Waals surface area contributed by atoms with Crippen molar-refractivity contribution >= 4 is 35.5 Å². The van der Waals surface area contributed by atoms with Crippen molar-refractivity contribution in [2.45, 2.75) is 124 Å². The number of esters is 4. The number of aliphatic carboxylic acids is 1. The molecule has 1 saturated heterocycles. The fraction of sp³-hybridized carbons (Fsp3) is 0.732. The molecule has 1 heterocycles. The summed E-state index contributed by atoms with van der Waals surface area (Å²) in [6.45, 7) is 25.1. The lowest BCUT2D eigenvalue weighted by molar-refractivity contribution is -0.192. The third kappa shape index (κ3) is 26.0. The van der Waals surface area contributed by atoms with E-state index in [1.54, 1.807) is 0 Å². The van der Waals surface area contributed by atoms with Gasteiger partial charge in [-0.2, -0.15) is 13.2 Å². The van der Waals surface area contributed by atoms with Crippen LogP contribution in [0.4, 0.5) is 18.9 Å². The molecule has 0 aromatic heterocycles. The number of ether oxygens (including phenoxy) is 4. The third-order valence-electron chi connectivity index (χ3n) is 7.92. The first kappa shape index (κ1) is 53.0. The van der Waals surface area contributed by atoms with E-state index in [4.69, 9.17) is 34.6 Å². The summed E-state index contributed by atoms with van der Waals surface area (Å²) in [7, 11) is 0. The lowest BCUT2D eigenvalue weighted by Crippen LogP contribution is -2.54. The van der Waals surface area contributed by atoms with Gasteiger partial charge in [-0.15, -0.1) is 0 Å². The van der Waals surface area contributed by atoms with Crippen molar-refractivity contribution in [1.29, 1.82) is 0 Å². The molecule has 1 aliphatic heterocycles. The minimum atomic E-state index is -5.08. The first-order chi connectivity index (χ1) is 26.7. The molecule has 18 heteroatoms.